The molecular formula is C16H26F3NO4. The molecule has 0 aliphatic carbocycles. The fourth-order valence-electron chi connectivity index (χ4n) is 2.25. The lowest BCUT2D eigenvalue weighted by Gasteiger charge is -2.34. The van der Waals surface area contributed by atoms with Gasteiger partial charge in [-0.3, -0.25) is 4.90 Å². The molecular weight excluding hydrogens is 327 g/mol. The van der Waals surface area contributed by atoms with Gasteiger partial charge in [0.05, 0.1) is 18.8 Å². The summed E-state index contributed by atoms with van der Waals surface area (Å²) in [6.07, 6.45) is -5.17. The van der Waals surface area contributed by atoms with Crippen LogP contribution in [0.25, 0.3) is 0 Å². The van der Waals surface area contributed by atoms with Crippen LogP contribution in [-0.4, -0.2) is 47.2 Å². The van der Waals surface area contributed by atoms with E-state index in [2.05, 4.69) is 0 Å². The van der Waals surface area contributed by atoms with E-state index in [0.717, 1.165) is 11.0 Å². The topological polar surface area (TPSA) is 48.0 Å². The van der Waals surface area contributed by atoms with E-state index in [9.17, 15) is 18.0 Å². The number of allylic oxidation sites excluding steroid dienone is 1. The zero-order valence-electron chi connectivity index (χ0n) is 15.2. The summed E-state index contributed by atoms with van der Waals surface area (Å²) in [7, 11) is 0. The van der Waals surface area contributed by atoms with E-state index in [4.69, 9.17) is 14.2 Å². The van der Waals surface area contributed by atoms with E-state index in [1.807, 2.05) is 0 Å². The highest BCUT2D eigenvalue weighted by atomic mass is 19.4. The molecule has 0 bridgehead atoms. The van der Waals surface area contributed by atoms with E-state index in [0.29, 0.717) is 0 Å². The molecule has 5 nitrogen and oxygen atoms in total. The maximum absolute atomic E-state index is 13.2. The summed E-state index contributed by atoms with van der Waals surface area (Å²) >= 11 is 0. The summed E-state index contributed by atoms with van der Waals surface area (Å²) < 4.78 is 55.1. The van der Waals surface area contributed by atoms with Crippen LogP contribution in [0.15, 0.2) is 11.8 Å². The number of carbonyl (C=O) groups excluding carboxylic acids is 1. The lowest BCUT2D eigenvalue weighted by molar-refractivity contribution is -0.138. The largest absolute Gasteiger partial charge is 0.486 e. The van der Waals surface area contributed by atoms with Crippen molar-refractivity contribution in [3.8, 4) is 0 Å². The normalized spacial score (nSPS) is 22.0. The fraction of sp³-hybridized carbons (Fsp3) is 0.812. The first-order chi connectivity index (χ1) is 10.6. The van der Waals surface area contributed by atoms with Gasteiger partial charge in [0.2, 0.25) is 0 Å². The number of hydrogen-bond acceptors (Lipinski definition) is 4. The minimum atomic E-state index is -4.66. The van der Waals surface area contributed by atoms with Crippen molar-refractivity contribution in [2.45, 2.75) is 78.1 Å². The Morgan fingerprint density at radius 2 is 1.83 bits per heavy atom. The summed E-state index contributed by atoms with van der Waals surface area (Å²) in [6.45, 7) is 11.2. The van der Waals surface area contributed by atoms with E-state index in [1.54, 1.807) is 34.6 Å². The van der Waals surface area contributed by atoms with Crippen LogP contribution in [0.4, 0.5) is 18.0 Å². The second kappa shape index (κ2) is 6.82. The van der Waals surface area contributed by atoms with Crippen molar-refractivity contribution < 1.29 is 32.2 Å². The summed E-state index contributed by atoms with van der Waals surface area (Å²) in [5.74, 6) is -1.14. The molecule has 8 heteroatoms. The second-order valence-electron chi connectivity index (χ2n) is 7.37. The van der Waals surface area contributed by atoms with Crippen LogP contribution in [0.5, 0.6) is 0 Å². The minimum Gasteiger partial charge on any atom is -0.486 e. The predicted octanol–water partition coefficient (Wildman–Crippen LogP) is 4.23. The van der Waals surface area contributed by atoms with Gasteiger partial charge in [0.1, 0.15) is 11.3 Å². The van der Waals surface area contributed by atoms with Gasteiger partial charge < -0.3 is 14.2 Å². The molecule has 1 rings (SSSR count). The molecule has 0 spiro atoms. The Morgan fingerprint density at radius 3 is 2.25 bits per heavy atom. The number of amides is 1. The standard InChI is InChI=1S/C16H26F3NO4/c1-10(2)23-12(16(17,18)19)8-11-9-22-15(6,7)20(11)13(21)24-14(3,4)5/h8,10-11H,9H2,1-7H3/b12-8+/t11-/m1/s1. The van der Waals surface area contributed by atoms with Gasteiger partial charge in [-0.25, -0.2) is 4.79 Å². The van der Waals surface area contributed by atoms with Gasteiger partial charge in [-0.05, 0) is 54.5 Å². The first-order valence-electron chi connectivity index (χ1n) is 7.75. The van der Waals surface area contributed by atoms with Crippen LogP contribution in [-0.2, 0) is 14.2 Å². The highest BCUT2D eigenvalue weighted by Gasteiger charge is 2.47. The molecule has 0 saturated carbocycles. The molecule has 0 aromatic rings. The third-order valence-electron chi connectivity index (χ3n) is 3.10. The van der Waals surface area contributed by atoms with Crippen molar-refractivity contribution in [2.24, 2.45) is 0 Å². The molecule has 0 unspecified atom stereocenters. The molecule has 1 aliphatic rings. The zero-order valence-corrected chi connectivity index (χ0v) is 15.2. The number of ether oxygens (including phenoxy) is 3. The third kappa shape index (κ3) is 5.58. The van der Waals surface area contributed by atoms with Gasteiger partial charge >= 0.3 is 12.3 Å². The molecule has 24 heavy (non-hydrogen) atoms. The molecule has 1 amide bonds. The number of halogens is 3. The Morgan fingerprint density at radius 1 is 1.29 bits per heavy atom. The van der Waals surface area contributed by atoms with Crippen molar-refractivity contribution in [1.82, 2.24) is 4.90 Å². The molecule has 0 radical (unpaired) electrons. The van der Waals surface area contributed by atoms with Crippen LogP contribution in [0.2, 0.25) is 0 Å². The Hall–Kier alpha value is -1.44. The fourth-order valence-corrected chi connectivity index (χ4v) is 2.25. The number of hydrogen-bond donors (Lipinski definition) is 0. The Balaban J connectivity index is 3.15. The lowest BCUT2D eigenvalue weighted by Crippen LogP contribution is -2.49. The first-order valence-corrected chi connectivity index (χ1v) is 7.75. The molecule has 0 aromatic carbocycles. The van der Waals surface area contributed by atoms with Gasteiger partial charge in [0, 0.05) is 0 Å². The lowest BCUT2D eigenvalue weighted by atomic mass is 10.2. The smallest absolute Gasteiger partial charge is 0.448 e. The second-order valence-corrected chi connectivity index (χ2v) is 7.37. The summed E-state index contributed by atoms with van der Waals surface area (Å²) in [5.41, 5.74) is -1.86. The highest BCUT2D eigenvalue weighted by molar-refractivity contribution is 5.70. The van der Waals surface area contributed by atoms with Crippen molar-refractivity contribution in [3.63, 3.8) is 0 Å². The SMILES string of the molecule is CC(C)O/C(=C/[C@@H]1COC(C)(C)N1C(=O)OC(C)(C)C)C(F)(F)F. The third-order valence-corrected chi connectivity index (χ3v) is 3.10. The zero-order chi connectivity index (χ0) is 18.9. The molecule has 1 atom stereocenters. The average Bonchev–Trinajstić information content (AvgIpc) is 2.59. The molecule has 1 fully saturated rings. The van der Waals surface area contributed by atoms with Crippen LogP contribution in [0, 0.1) is 0 Å². The number of rotatable bonds is 3. The Bertz CT molecular complexity index is 493. The first kappa shape index (κ1) is 20.6. The van der Waals surface area contributed by atoms with E-state index >= 15 is 0 Å². The monoisotopic (exact) mass is 353 g/mol. The predicted molar refractivity (Wildman–Crippen MR) is 82.3 cm³/mol. The van der Waals surface area contributed by atoms with Crippen molar-refractivity contribution in [3.05, 3.63) is 11.8 Å². The molecule has 1 saturated heterocycles. The van der Waals surface area contributed by atoms with Gasteiger partial charge in [-0.1, -0.05) is 0 Å². The number of nitrogens with zero attached hydrogens (tertiary/aromatic N) is 1. The van der Waals surface area contributed by atoms with E-state index < -0.39 is 41.5 Å². The van der Waals surface area contributed by atoms with Crippen molar-refractivity contribution in [2.75, 3.05) is 6.61 Å². The number of alkyl halides is 3. The summed E-state index contributed by atoms with van der Waals surface area (Å²) in [6, 6.07) is -0.940. The van der Waals surface area contributed by atoms with Gasteiger partial charge in [0.25, 0.3) is 0 Å². The molecule has 1 aliphatic heterocycles. The highest BCUT2D eigenvalue weighted by Crippen LogP contribution is 2.34. The Labute approximate surface area is 140 Å². The Kier molecular flexibility index (Phi) is 5.85. The van der Waals surface area contributed by atoms with Gasteiger partial charge in [0.15, 0.2) is 5.76 Å². The number of carbonyl (C=O) groups is 1. The molecule has 0 aromatic heterocycles. The van der Waals surface area contributed by atoms with Gasteiger partial charge in [-0.2, -0.15) is 13.2 Å². The van der Waals surface area contributed by atoms with Crippen LogP contribution in [0.3, 0.4) is 0 Å². The van der Waals surface area contributed by atoms with Crippen LogP contribution < -0.4 is 0 Å². The van der Waals surface area contributed by atoms with E-state index in [1.165, 1.54) is 13.8 Å². The van der Waals surface area contributed by atoms with Crippen molar-refractivity contribution in [1.29, 1.82) is 0 Å². The summed E-state index contributed by atoms with van der Waals surface area (Å²) in [4.78, 5) is 13.6. The van der Waals surface area contributed by atoms with E-state index in [-0.39, 0.29) is 6.61 Å². The maximum atomic E-state index is 13.2. The van der Waals surface area contributed by atoms with Gasteiger partial charge in [-0.15, -0.1) is 0 Å². The van der Waals surface area contributed by atoms with Crippen LogP contribution in [0.1, 0.15) is 48.5 Å². The summed E-state index contributed by atoms with van der Waals surface area (Å²) in [5, 5.41) is 0. The van der Waals surface area contributed by atoms with Crippen LogP contribution >= 0.6 is 0 Å². The quantitative estimate of drug-likeness (QED) is 0.713. The molecule has 140 valence electrons. The maximum Gasteiger partial charge on any atom is 0.448 e. The minimum absolute atomic E-state index is 0.0761. The molecule has 1 heterocycles. The molecule has 0 N–H and O–H groups in total. The average molecular weight is 353 g/mol. The van der Waals surface area contributed by atoms with Crippen molar-refractivity contribution >= 4 is 6.09 Å².